The van der Waals surface area contributed by atoms with Gasteiger partial charge < -0.3 is 14.8 Å². The van der Waals surface area contributed by atoms with E-state index in [4.69, 9.17) is 9.47 Å². The Morgan fingerprint density at radius 1 is 1.20 bits per heavy atom. The summed E-state index contributed by atoms with van der Waals surface area (Å²) in [7, 11) is 0. The van der Waals surface area contributed by atoms with Crippen molar-refractivity contribution < 1.29 is 14.3 Å². The Labute approximate surface area is 145 Å². The zero-order valence-corrected chi connectivity index (χ0v) is 14.2. The second-order valence-electron chi connectivity index (χ2n) is 5.79. The van der Waals surface area contributed by atoms with Crippen LogP contribution >= 0.6 is 0 Å². The number of rotatable bonds is 6. The number of ether oxygens (including phenoxy) is 2. The van der Waals surface area contributed by atoms with Crippen LogP contribution in [0.5, 0.6) is 11.5 Å². The molecule has 7 heteroatoms. The number of carbonyl (C=O) groups is 1. The summed E-state index contributed by atoms with van der Waals surface area (Å²) in [5.74, 6) is 1.08. The number of aromatic nitrogens is 2. The molecule has 0 saturated carbocycles. The zero-order chi connectivity index (χ0) is 17.6. The average Bonchev–Trinajstić information content (AvgIpc) is 2.65. The van der Waals surface area contributed by atoms with Gasteiger partial charge in [-0.25, -0.2) is 4.68 Å². The van der Waals surface area contributed by atoms with E-state index in [1.165, 1.54) is 16.8 Å². The van der Waals surface area contributed by atoms with Crippen molar-refractivity contribution in [3.05, 3.63) is 51.9 Å². The van der Waals surface area contributed by atoms with Gasteiger partial charge in [0, 0.05) is 19.2 Å². The fraction of sp³-hybridized carbons (Fsp3) is 0.389. The van der Waals surface area contributed by atoms with Gasteiger partial charge in [0.15, 0.2) is 11.5 Å². The van der Waals surface area contributed by atoms with Crippen molar-refractivity contribution in [2.75, 3.05) is 13.2 Å². The lowest BCUT2D eigenvalue weighted by molar-refractivity contribution is 0.0943. The molecule has 1 N–H and O–H groups in total. The van der Waals surface area contributed by atoms with Gasteiger partial charge in [-0.1, -0.05) is 19.4 Å². The lowest BCUT2D eigenvalue weighted by atomic mass is 10.2. The molecule has 1 aliphatic heterocycles. The number of amides is 1. The maximum Gasteiger partial charge on any atom is 0.271 e. The molecular formula is C18H21N3O4. The molecule has 1 aromatic heterocycles. The van der Waals surface area contributed by atoms with Gasteiger partial charge in [-0.15, -0.1) is 0 Å². The third-order valence-corrected chi connectivity index (χ3v) is 3.88. The highest BCUT2D eigenvalue weighted by Gasteiger charge is 2.13. The molecule has 2 heterocycles. The van der Waals surface area contributed by atoms with Crippen LogP contribution in [0.1, 0.15) is 35.8 Å². The molecule has 0 atom stereocenters. The summed E-state index contributed by atoms with van der Waals surface area (Å²) in [5.41, 5.74) is 0.932. The monoisotopic (exact) mass is 343 g/mol. The molecular weight excluding hydrogens is 322 g/mol. The summed E-state index contributed by atoms with van der Waals surface area (Å²) in [6.07, 6.45) is 1.80. The number of hydrogen-bond donors (Lipinski definition) is 1. The predicted octanol–water partition coefficient (Wildman–Crippen LogP) is 1.74. The van der Waals surface area contributed by atoms with Crippen LogP contribution in [-0.4, -0.2) is 28.9 Å². The second-order valence-corrected chi connectivity index (χ2v) is 5.79. The Balaban J connectivity index is 1.65. The second kappa shape index (κ2) is 7.83. The highest BCUT2D eigenvalue weighted by atomic mass is 16.6. The van der Waals surface area contributed by atoms with Crippen LogP contribution in [0.3, 0.4) is 0 Å². The van der Waals surface area contributed by atoms with Gasteiger partial charge in [0.25, 0.3) is 11.5 Å². The minimum absolute atomic E-state index is 0.197. The minimum Gasteiger partial charge on any atom is -0.486 e. The van der Waals surface area contributed by atoms with Crippen molar-refractivity contribution in [1.82, 2.24) is 15.1 Å². The van der Waals surface area contributed by atoms with Gasteiger partial charge >= 0.3 is 0 Å². The molecule has 0 saturated heterocycles. The van der Waals surface area contributed by atoms with Crippen LogP contribution in [0.15, 0.2) is 35.1 Å². The molecule has 0 aliphatic carbocycles. The van der Waals surface area contributed by atoms with Crippen LogP contribution in [-0.2, 0) is 13.1 Å². The normalized spacial score (nSPS) is 12.7. The number of carbonyl (C=O) groups excluding carboxylic acids is 1. The van der Waals surface area contributed by atoms with E-state index in [0.717, 1.165) is 18.4 Å². The summed E-state index contributed by atoms with van der Waals surface area (Å²) in [5, 5.41) is 6.95. The summed E-state index contributed by atoms with van der Waals surface area (Å²) in [4.78, 5) is 24.1. The summed E-state index contributed by atoms with van der Waals surface area (Å²) >= 11 is 0. The molecule has 132 valence electrons. The third-order valence-electron chi connectivity index (χ3n) is 3.88. The Bertz CT molecular complexity index is 816. The smallest absolute Gasteiger partial charge is 0.271 e. The SMILES string of the molecule is CCCCn1nc(C(=O)NCc2ccc3c(c2)OCCO3)ccc1=O. The number of fused-ring (bicyclic) bond motifs is 1. The molecule has 1 aromatic carbocycles. The molecule has 2 aromatic rings. The van der Waals surface area contributed by atoms with Gasteiger partial charge in [0.1, 0.15) is 18.9 Å². The fourth-order valence-corrected chi connectivity index (χ4v) is 2.51. The first-order valence-corrected chi connectivity index (χ1v) is 8.42. The highest BCUT2D eigenvalue weighted by Crippen LogP contribution is 2.30. The van der Waals surface area contributed by atoms with E-state index in [1.807, 2.05) is 25.1 Å². The van der Waals surface area contributed by atoms with Gasteiger partial charge in [-0.2, -0.15) is 5.10 Å². The zero-order valence-electron chi connectivity index (χ0n) is 14.2. The van der Waals surface area contributed by atoms with Crippen molar-refractivity contribution in [3.8, 4) is 11.5 Å². The average molecular weight is 343 g/mol. The molecule has 3 rings (SSSR count). The first-order chi connectivity index (χ1) is 12.2. The Kier molecular flexibility index (Phi) is 5.33. The molecule has 1 amide bonds. The highest BCUT2D eigenvalue weighted by molar-refractivity contribution is 5.91. The van der Waals surface area contributed by atoms with Crippen LogP contribution in [0.25, 0.3) is 0 Å². The molecule has 1 aliphatic rings. The van der Waals surface area contributed by atoms with Gasteiger partial charge in [-0.3, -0.25) is 9.59 Å². The first-order valence-electron chi connectivity index (χ1n) is 8.42. The van der Waals surface area contributed by atoms with Crippen LogP contribution in [0.2, 0.25) is 0 Å². The van der Waals surface area contributed by atoms with Crippen LogP contribution in [0.4, 0.5) is 0 Å². The van der Waals surface area contributed by atoms with E-state index in [0.29, 0.717) is 37.8 Å². The van der Waals surface area contributed by atoms with E-state index in [-0.39, 0.29) is 17.2 Å². The predicted molar refractivity (Wildman–Crippen MR) is 92.0 cm³/mol. The molecule has 25 heavy (non-hydrogen) atoms. The lowest BCUT2D eigenvalue weighted by Gasteiger charge is -2.19. The van der Waals surface area contributed by atoms with Crippen LogP contribution < -0.4 is 20.3 Å². The molecule has 0 spiro atoms. The van der Waals surface area contributed by atoms with Gasteiger partial charge in [0.05, 0.1) is 0 Å². The topological polar surface area (TPSA) is 82.5 Å². The number of hydrogen-bond acceptors (Lipinski definition) is 5. The molecule has 0 radical (unpaired) electrons. The van der Waals surface area contributed by atoms with Crippen molar-refractivity contribution in [3.63, 3.8) is 0 Å². The number of aryl methyl sites for hydroxylation is 1. The molecule has 0 fully saturated rings. The van der Waals surface area contributed by atoms with E-state index >= 15 is 0 Å². The van der Waals surface area contributed by atoms with E-state index in [1.54, 1.807) is 0 Å². The summed E-state index contributed by atoms with van der Waals surface area (Å²) in [6.45, 7) is 3.95. The molecule has 0 unspecified atom stereocenters. The maximum atomic E-state index is 12.3. The van der Waals surface area contributed by atoms with Gasteiger partial charge in [0.2, 0.25) is 0 Å². The first kappa shape index (κ1) is 17.0. The van der Waals surface area contributed by atoms with Crippen molar-refractivity contribution in [2.45, 2.75) is 32.9 Å². The van der Waals surface area contributed by atoms with Gasteiger partial charge in [-0.05, 0) is 30.2 Å². The fourth-order valence-electron chi connectivity index (χ4n) is 2.51. The number of benzene rings is 1. The standard InChI is InChI=1S/C18H21N3O4/c1-2-3-8-21-17(22)7-5-14(20-21)18(23)19-12-13-4-6-15-16(11-13)25-10-9-24-15/h4-7,11H,2-3,8-10,12H2,1H3,(H,19,23). The van der Waals surface area contributed by atoms with Crippen molar-refractivity contribution in [2.24, 2.45) is 0 Å². The van der Waals surface area contributed by atoms with Crippen molar-refractivity contribution in [1.29, 1.82) is 0 Å². The van der Waals surface area contributed by atoms with E-state index in [2.05, 4.69) is 10.4 Å². The Morgan fingerprint density at radius 3 is 2.80 bits per heavy atom. The van der Waals surface area contributed by atoms with E-state index in [9.17, 15) is 9.59 Å². The minimum atomic E-state index is -0.319. The Morgan fingerprint density at radius 2 is 2.00 bits per heavy atom. The largest absolute Gasteiger partial charge is 0.486 e. The lowest BCUT2D eigenvalue weighted by Crippen LogP contribution is -2.29. The van der Waals surface area contributed by atoms with Crippen molar-refractivity contribution >= 4 is 5.91 Å². The molecule has 7 nitrogen and oxygen atoms in total. The molecule has 0 bridgehead atoms. The number of nitrogens with zero attached hydrogens (tertiary/aromatic N) is 2. The quantitative estimate of drug-likeness (QED) is 0.864. The van der Waals surface area contributed by atoms with Crippen LogP contribution in [0, 0.1) is 0 Å². The van der Waals surface area contributed by atoms with E-state index < -0.39 is 0 Å². The number of nitrogens with one attached hydrogen (secondary N) is 1. The summed E-state index contributed by atoms with van der Waals surface area (Å²) in [6, 6.07) is 8.39. The summed E-state index contributed by atoms with van der Waals surface area (Å²) < 4.78 is 12.3. The third kappa shape index (κ3) is 4.17. The number of unbranched alkanes of at least 4 members (excludes halogenated alkanes) is 1. The Hall–Kier alpha value is -2.83. The maximum absolute atomic E-state index is 12.3.